The Hall–Kier alpha value is -0.850. The molecular weight excluding hydrogens is 166 g/mol. The minimum Gasteiger partial charge on any atom is -0.493 e. The van der Waals surface area contributed by atoms with E-state index in [-0.39, 0.29) is 22.1 Å². The summed E-state index contributed by atoms with van der Waals surface area (Å²) in [5.41, 5.74) is 5.49. The summed E-state index contributed by atoms with van der Waals surface area (Å²) in [7, 11) is 0. The lowest BCUT2D eigenvalue weighted by molar-refractivity contribution is 0.403. The molecular formula is C5H9N3O2S. The van der Waals surface area contributed by atoms with Gasteiger partial charge in [-0.2, -0.15) is 0 Å². The highest BCUT2D eigenvalue weighted by Crippen LogP contribution is 2.06. The molecule has 0 bridgehead atoms. The van der Waals surface area contributed by atoms with Crippen LogP contribution in [0.4, 0.5) is 0 Å². The van der Waals surface area contributed by atoms with Crippen LogP contribution in [-0.2, 0) is 0 Å². The van der Waals surface area contributed by atoms with Gasteiger partial charge in [-0.05, 0) is 0 Å². The number of rotatable bonds is 0. The van der Waals surface area contributed by atoms with Gasteiger partial charge < -0.3 is 21.7 Å². The number of thiol groups is 1. The lowest BCUT2D eigenvalue weighted by Crippen LogP contribution is -2.34. The smallest absolute Gasteiger partial charge is 0.209 e. The van der Waals surface area contributed by atoms with Gasteiger partial charge in [0.1, 0.15) is 5.04 Å². The van der Waals surface area contributed by atoms with Gasteiger partial charge in [0.25, 0.3) is 0 Å². The molecule has 1 heterocycles. The number of aliphatic hydroxyl groups is 1. The summed E-state index contributed by atoms with van der Waals surface area (Å²) < 4.78 is 0. The first-order valence-electron chi connectivity index (χ1n) is 2.64. The summed E-state index contributed by atoms with van der Waals surface area (Å²) >= 11 is 3.82. The molecule has 0 aromatic heterocycles. The monoisotopic (exact) mass is 175 g/mol. The topological polar surface area (TPSA) is 114 Å². The Bertz CT molecular complexity index is 236. The van der Waals surface area contributed by atoms with Gasteiger partial charge in [0.05, 0.1) is 11.8 Å². The second kappa shape index (κ2) is 3.51. The van der Waals surface area contributed by atoms with Crippen molar-refractivity contribution < 1.29 is 10.6 Å². The number of nitrogens with one attached hydrogen (secondary N) is 1. The third-order valence-corrected chi connectivity index (χ3v) is 1.46. The highest BCUT2D eigenvalue weighted by Gasteiger charge is 2.16. The maximum Gasteiger partial charge on any atom is 0.209 e. The number of aliphatic hydroxyl groups excluding tert-OH is 1. The molecule has 1 rings (SSSR count). The Morgan fingerprint density at radius 3 is 2.73 bits per heavy atom. The normalized spacial score (nSPS) is 23.5. The number of hydrogen-bond acceptors (Lipinski definition) is 4. The van der Waals surface area contributed by atoms with E-state index in [9.17, 15) is 0 Å². The van der Waals surface area contributed by atoms with Crippen LogP contribution >= 0.6 is 12.6 Å². The minimum atomic E-state index is -0.579. The zero-order valence-corrected chi connectivity index (χ0v) is 6.47. The van der Waals surface area contributed by atoms with Crippen LogP contribution in [-0.4, -0.2) is 27.4 Å². The quantitative estimate of drug-likeness (QED) is 0.363. The Kier molecular flexibility index (Phi) is 3.24. The lowest BCUT2D eigenvalue weighted by Gasteiger charge is -2.11. The molecule has 1 aliphatic heterocycles. The highest BCUT2D eigenvalue weighted by molar-refractivity contribution is 7.99. The van der Waals surface area contributed by atoms with E-state index in [2.05, 4.69) is 17.6 Å². The first kappa shape index (κ1) is 10.2. The van der Waals surface area contributed by atoms with Crippen molar-refractivity contribution >= 4 is 23.4 Å². The van der Waals surface area contributed by atoms with Gasteiger partial charge in [-0.25, -0.2) is 4.99 Å². The predicted octanol–water partition coefficient (Wildman–Crippen LogP) is -0.750. The van der Waals surface area contributed by atoms with Crippen molar-refractivity contribution in [3.8, 4) is 0 Å². The fourth-order valence-corrected chi connectivity index (χ4v) is 0.851. The van der Waals surface area contributed by atoms with Gasteiger partial charge in [0.2, 0.25) is 5.88 Å². The van der Waals surface area contributed by atoms with Crippen molar-refractivity contribution in [3.63, 3.8) is 0 Å². The summed E-state index contributed by atoms with van der Waals surface area (Å²) in [5.74, 6) is -0.173. The van der Waals surface area contributed by atoms with Crippen LogP contribution in [0.3, 0.4) is 0 Å². The molecule has 1 aliphatic rings. The first-order valence-corrected chi connectivity index (χ1v) is 3.09. The summed E-state index contributed by atoms with van der Waals surface area (Å²) in [6, 6.07) is -0.579. The standard InChI is InChI=1S/C5H7N3OS.H2O/c6-2-1-3(9)8-5(10)4(2)7;/h1-2,7,9H,6H2,(H,8,10);1H2. The van der Waals surface area contributed by atoms with Gasteiger partial charge in [-0.15, -0.1) is 12.6 Å². The zero-order valence-electron chi connectivity index (χ0n) is 5.57. The number of hydrogen-bond donors (Lipinski definition) is 4. The van der Waals surface area contributed by atoms with E-state index in [1.807, 2.05) is 0 Å². The molecule has 0 saturated heterocycles. The predicted molar refractivity (Wildman–Crippen MR) is 46.4 cm³/mol. The van der Waals surface area contributed by atoms with Crippen molar-refractivity contribution in [3.05, 3.63) is 12.0 Å². The summed E-state index contributed by atoms with van der Waals surface area (Å²) in [4.78, 5) is 3.51. The Balaban J connectivity index is 0.000001000. The van der Waals surface area contributed by atoms with Crippen molar-refractivity contribution in [2.75, 3.05) is 0 Å². The molecule has 11 heavy (non-hydrogen) atoms. The molecule has 0 aromatic carbocycles. The molecule has 6 N–H and O–H groups in total. The maximum atomic E-state index is 8.82. The molecule has 1 unspecified atom stereocenters. The summed E-state index contributed by atoms with van der Waals surface area (Å²) in [6.07, 6.45) is 1.29. The average Bonchev–Trinajstić information content (AvgIpc) is 1.82. The number of aliphatic imine (C=N–C) groups is 1. The van der Waals surface area contributed by atoms with Crippen molar-refractivity contribution in [1.82, 2.24) is 0 Å². The summed E-state index contributed by atoms with van der Waals surface area (Å²) in [5, 5.41) is 16.2. The SMILES string of the molecule is N=C1C(S)=NC(O)=CC1N.O. The summed E-state index contributed by atoms with van der Waals surface area (Å²) in [6.45, 7) is 0. The minimum absolute atomic E-state index is 0. The fourth-order valence-electron chi connectivity index (χ4n) is 0.599. The number of nitrogens with zero attached hydrogens (tertiary/aromatic N) is 1. The second-order valence-electron chi connectivity index (χ2n) is 1.90. The van der Waals surface area contributed by atoms with E-state index in [4.69, 9.17) is 16.2 Å². The molecule has 5 nitrogen and oxygen atoms in total. The molecule has 6 heteroatoms. The third-order valence-electron chi connectivity index (χ3n) is 1.12. The van der Waals surface area contributed by atoms with E-state index in [0.717, 1.165) is 0 Å². The van der Waals surface area contributed by atoms with Crippen LogP contribution in [0.5, 0.6) is 0 Å². The Labute approximate surface area is 68.9 Å². The molecule has 62 valence electrons. The molecule has 0 fully saturated rings. The van der Waals surface area contributed by atoms with Crippen LogP contribution in [0.25, 0.3) is 0 Å². The molecule has 0 saturated carbocycles. The fraction of sp³-hybridized carbons (Fsp3) is 0.200. The van der Waals surface area contributed by atoms with E-state index in [0.29, 0.717) is 0 Å². The van der Waals surface area contributed by atoms with Crippen LogP contribution in [0.15, 0.2) is 17.0 Å². The number of nitrogens with two attached hydrogens (primary N) is 1. The molecule has 1 atom stereocenters. The second-order valence-corrected chi connectivity index (χ2v) is 2.32. The van der Waals surface area contributed by atoms with Gasteiger partial charge in [-0.3, -0.25) is 0 Å². The lowest BCUT2D eigenvalue weighted by atomic mass is 10.1. The largest absolute Gasteiger partial charge is 0.493 e. The third kappa shape index (κ3) is 2.04. The van der Waals surface area contributed by atoms with Gasteiger partial charge >= 0.3 is 0 Å². The zero-order chi connectivity index (χ0) is 7.72. The van der Waals surface area contributed by atoms with E-state index < -0.39 is 6.04 Å². The van der Waals surface area contributed by atoms with E-state index in [1.165, 1.54) is 6.08 Å². The molecule has 0 amide bonds. The van der Waals surface area contributed by atoms with Gasteiger partial charge in [-0.1, -0.05) is 0 Å². The maximum absolute atomic E-state index is 8.82. The Morgan fingerprint density at radius 2 is 2.27 bits per heavy atom. The van der Waals surface area contributed by atoms with Crippen LogP contribution in [0.1, 0.15) is 0 Å². The van der Waals surface area contributed by atoms with Crippen molar-refractivity contribution in [2.45, 2.75) is 6.04 Å². The van der Waals surface area contributed by atoms with Gasteiger partial charge in [0.15, 0.2) is 0 Å². The van der Waals surface area contributed by atoms with Crippen LogP contribution in [0, 0.1) is 5.41 Å². The Morgan fingerprint density at radius 1 is 1.73 bits per heavy atom. The molecule has 0 aromatic rings. The highest BCUT2D eigenvalue weighted by atomic mass is 32.1. The van der Waals surface area contributed by atoms with Crippen molar-refractivity contribution in [1.29, 1.82) is 5.41 Å². The van der Waals surface area contributed by atoms with E-state index >= 15 is 0 Å². The molecule has 0 aliphatic carbocycles. The molecule has 0 radical (unpaired) electrons. The average molecular weight is 175 g/mol. The molecule has 0 spiro atoms. The van der Waals surface area contributed by atoms with E-state index in [1.54, 1.807) is 0 Å². The van der Waals surface area contributed by atoms with Crippen molar-refractivity contribution in [2.24, 2.45) is 10.7 Å². The van der Waals surface area contributed by atoms with Crippen LogP contribution in [0.2, 0.25) is 0 Å². The first-order chi connectivity index (χ1) is 4.61. The van der Waals surface area contributed by atoms with Crippen LogP contribution < -0.4 is 5.73 Å². The van der Waals surface area contributed by atoms with Gasteiger partial charge in [0, 0.05) is 6.08 Å².